The van der Waals surface area contributed by atoms with Gasteiger partial charge in [-0.25, -0.2) is 0 Å². The Kier molecular flexibility index (Phi) is 4.74. The van der Waals surface area contributed by atoms with Gasteiger partial charge in [0.2, 0.25) is 5.91 Å². The van der Waals surface area contributed by atoms with E-state index in [0.29, 0.717) is 6.54 Å². The van der Waals surface area contributed by atoms with Gasteiger partial charge in [0.25, 0.3) is 0 Å². The van der Waals surface area contributed by atoms with Crippen LogP contribution >= 0.6 is 0 Å². The third-order valence-corrected chi connectivity index (χ3v) is 2.04. The van der Waals surface area contributed by atoms with Gasteiger partial charge in [-0.1, -0.05) is 0 Å². The first-order valence-corrected chi connectivity index (χ1v) is 4.60. The molecule has 0 bridgehead atoms. The maximum Gasteiger partial charge on any atom is 0.233 e. The molecule has 1 amide bonds. The summed E-state index contributed by atoms with van der Waals surface area (Å²) in [5, 5.41) is 2.73. The molecule has 0 radical (unpaired) electrons. The average Bonchev–Trinajstić information content (AvgIpc) is 2.19. The summed E-state index contributed by atoms with van der Waals surface area (Å²) in [7, 11) is 0. The molecule has 1 fully saturated rings. The molecule has 1 aliphatic rings. The smallest absolute Gasteiger partial charge is 0.233 e. The molecular weight excluding hydrogens is 170 g/mol. The highest BCUT2D eigenvalue weighted by atomic mass is 16.5. The predicted molar refractivity (Wildman–Crippen MR) is 49.3 cm³/mol. The first kappa shape index (κ1) is 10.4. The van der Waals surface area contributed by atoms with E-state index in [-0.39, 0.29) is 12.5 Å². The predicted octanol–water partition coefficient (Wildman–Crippen LogP) is -1.61. The zero-order chi connectivity index (χ0) is 9.52. The Labute approximate surface area is 78.2 Å². The number of hydrogen-bond acceptors (Lipinski definition) is 4. The number of carbonyl (C=O) groups excluding carboxylic acids is 1. The highest BCUT2D eigenvalue weighted by molar-refractivity contribution is 5.77. The lowest BCUT2D eigenvalue weighted by Gasteiger charge is -2.26. The largest absolute Gasteiger partial charge is 0.379 e. The zero-order valence-electron chi connectivity index (χ0n) is 7.79. The van der Waals surface area contributed by atoms with Gasteiger partial charge in [-0.2, -0.15) is 0 Å². The van der Waals surface area contributed by atoms with Crippen LogP contribution in [0.5, 0.6) is 0 Å². The SMILES string of the molecule is NCC(=O)NCCN1CCOCC1. The number of ether oxygens (including phenoxy) is 1. The first-order chi connectivity index (χ1) is 6.33. The lowest BCUT2D eigenvalue weighted by atomic mass is 10.4. The fourth-order valence-electron chi connectivity index (χ4n) is 1.25. The molecule has 1 heterocycles. The Balaban J connectivity index is 2.01. The Morgan fingerprint density at radius 1 is 1.46 bits per heavy atom. The number of hydrogen-bond donors (Lipinski definition) is 2. The average molecular weight is 187 g/mol. The van der Waals surface area contributed by atoms with Gasteiger partial charge in [-0.15, -0.1) is 0 Å². The number of rotatable bonds is 4. The van der Waals surface area contributed by atoms with Crippen LogP contribution in [-0.2, 0) is 9.53 Å². The highest BCUT2D eigenvalue weighted by Crippen LogP contribution is 1.94. The molecule has 0 aromatic carbocycles. The van der Waals surface area contributed by atoms with Crippen LogP contribution in [-0.4, -0.2) is 56.7 Å². The molecule has 1 aliphatic heterocycles. The minimum Gasteiger partial charge on any atom is -0.379 e. The van der Waals surface area contributed by atoms with Crippen LogP contribution in [0.4, 0.5) is 0 Å². The van der Waals surface area contributed by atoms with Crippen molar-refractivity contribution in [2.75, 3.05) is 45.9 Å². The molecule has 13 heavy (non-hydrogen) atoms. The molecule has 76 valence electrons. The Morgan fingerprint density at radius 3 is 2.77 bits per heavy atom. The molecule has 1 rings (SSSR count). The number of nitrogens with zero attached hydrogens (tertiary/aromatic N) is 1. The lowest BCUT2D eigenvalue weighted by Crippen LogP contribution is -2.42. The van der Waals surface area contributed by atoms with Crippen molar-refractivity contribution < 1.29 is 9.53 Å². The molecule has 0 unspecified atom stereocenters. The van der Waals surface area contributed by atoms with E-state index in [9.17, 15) is 4.79 Å². The number of carbonyl (C=O) groups is 1. The summed E-state index contributed by atoms with van der Waals surface area (Å²) in [6.45, 7) is 5.14. The van der Waals surface area contributed by atoms with Gasteiger partial charge in [0.05, 0.1) is 19.8 Å². The molecule has 5 heteroatoms. The summed E-state index contributed by atoms with van der Waals surface area (Å²) in [5.41, 5.74) is 5.15. The Hall–Kier alpha value is -0.650. The van der Waals surface area contributed by atoms with E-state index in [4.69, 9.17) is 10.5 Å². The molecule has 0 spiro atoms. The van der Waals surface area contributed by atoms with Gasteiger partial charge < -0.3 is 15.8 Å². The van der Waals surface area contributed by atoms with Gasteiger partial charge >= 0.3 is 0 Å². The molecular formula is C8H17N3O2. The van der Waals surface area contributed by atoms with Crippen LogP contribution in [0.25, 0.3) is 0 Å². The molecule has 0 saturated carbocycles. The molecule has 1 saturated heterocycles. The number of nitrogens with one attached hydrogen (secondary N) is 1. The fourth-order valence-corrected chi connectivity index (χ4v) is 1.25. The fraction of sp³-hybridized carbons (Fsp3) is 0.875. The van der Waals surface area contributed by atoms with E-state index in [1.807, 2.05) is 0 Å². The third-order valence-electron chi connectivity index (χ3n) is 2.04. The van der Waals surface area contributed by atoms with Crippen molar-refractivity contribution in [2.45, 2.75) is 0 Å². The molecule has 5 nitrogen and oxygen atoms in total. The van der Waals surface area contributed by atoms with E-state index in [2.05, 4.69) is 10.2 Å². The summed E-state index contributed by atoms with van der Waals surface area (Å²) in [4.78, 5) is 13.0. The van der Waals surface area contributed by atoms with Crippen LogP contribution in [0.15, 0.2) is 0 Å². The van der Waals surface area contributed by atoms with Crippen LogP contribution < -0.4 is 11.1 Å². The van der Waals surface area contributed by atoms with E-state index in [0.717, 1.165) is 32.8 Å². The number of morpholine rings is 1. The van der Waals surface area contributed by atoms with Gasteiger partial charge in [0.1, 0.15) is 0 Å². The monoisotopic (exact) mass is 187 g/mol. The standard InChI is InChI=1S/C8H17N3O2/c9-7-8(12)10-1-2-11-3-5-13-6-4-11/h1-7,9H2,(H,10,12). The van der Waals surface area contributed by atoms with Gasteiger partial charge in [-0.3, -0.25) is 9.69 Å². The van der Waals surface area contributed by atoms with Crippen molar-refractivity contribution in [1.29, 1.82) is 0 Å². The van der Waals surface area contributed by atoms with Gasteiger partial charge in [0, 0.05) is 26.2 Å². The second-order valence-electron chi connectivity index (χ2n) is 3.01. The number of amides is 1. The Bertz CT molecular complexity index is 157. The molecule has 0 aromatic rings. The zero-order valence-corrected chi connectivity index (χ0v) is 7.79. The second kappa shape index (κ2) is 5.90. The van der Waals surface area contributed by atoms with Crippen LogP contribution in [0.3, 0.4) is 0 Å². The minimum absolute atomic E-state index is 0.0725. The third kappa shape index (κ3) is 4.21. The first-order valence-electron chi connectivity index (χ1n) is 4.60. The quantitative estimate of drug-likeness (QED) is 0.556. The maximum atomic E-state index is 10.8. The molecule has 0 atom stereocenters. The summed E-state index contributed by atoms with van der Waals surface area (Å²) in [5.74, 6) is -0.0896. The van der Waals surface area contributed by atoms with Crippen molar-refractivity contribution in [3.63, 3.8) is 0 Å². The van der Waals surface area contributed by atoms with Crippen LogP contribution in [0.1, 0.15) is 0 Å². The molecule has 0 aliphatic carbocycles. The van der Waals surface area contributed by atoms with Crippen molar-refractivity contribution in [3.8, 4) is 0 Å². The topological polar surface area (TPSA) is 67.6 Å². The summed E-state index contributed by atoms with van der Waals surface area (Å²) in [6.07, 6.45) is 0. The van der Waals surface area contributed by atoms with Crippen LogP contribution in [0, 0.1) is 0 Å². The van der Waals surface area contributed by atoms with Crippen molar-refractivity contribution >= 4 is 5.91 Å². The van der Waals surface area contributed by atoms with Gasteiger partial charge in [-0.05, 0) is 0 Å². The summed E-state index contributed by atoms with van der Waals surface area (Å²) in [6, 6.07) is 0. The maximum absolute atomic E-state index is 10.8. The summed E-state index contributed by atoms with van der Waals surface area (Å²) < 4.78 is 5.20. The minimum atomic E-state index is -0.0896. The normalized spacial score (nSPS) is 18.5. The second-order valence-corrected chi connectivity index (χ2v) is 3.01. The van der Waals surface area contributed by atoms with E-state index in [1.165, 1.54) is 0 Å². The van der Waals surface area contributed by atoms with E-state index >= 15 is 0 Å². The Morgan fingerprint density at radius 2 is 2.15 bits per heavy atom. The lowest BCUT2D eigenvalue weighted by molar-refractivity contribution is -0.119. The van der Waals surface area contributed by atoms with Crippen molar-refractivity contribution in [3.05, 3.63) is 0 Å². The van der Waals surface area contributed by atoms with E-state index in [1.54, 1.807) is 0 Å². The molecule has 3 N–H and O–H groups in total. The van der Waals surface area contributed by atoms with Crippen molar-refractivity contribution in [1.82, 2.24) is 10.2 Å². The summed E-state index contributed by atoms with van der Waals surface area (Å²) >= 11 is 0. The van der Waals surface area contributed by atoms with E-state index < -0.39 is 0 Å². The van der Waals surface area contributed by atoms with Gasteiger partial charge in [0.15, 0.2) is 0 Å². The number of nitrogens with two attached hydrogens (primary N) is 1. The van der Waals surface area contributed by atoms with Crippen molar-refractivity contribution in [2.24, 2.45) is 5.73 Å². The van der Waals surface area contributed by atoms with Crippen LogP contribution in [0.2, 0.25) is 0 Å². The highest BCUT2D eigenvalue weighted by Gasteiger charge is 2.09. The molecule has 0 aromatic heterocycles.